The molecule has 0 saturated carbocycles. The van der Waals surface area contributed by atoms with Gasteiger partial charge in [0.2, 0.25) is 5.91 Å². The minimum Gasteiger partial charge on any atom is -0.369 e. The van der Waals surface area contributed by atoms with Crippen molar-refractivity contribution in [3.8, 4) is 6.07 Å². The number of carbonyl (C=O) groups is 1. The highest BCUT2D eigenvalue weighted by molar-refractivity contribution is 9.10. The van der Waals surface area contributed by atoms with Crippen LogP contribution in [0.3, 0.4) is 0 Å². The molecule has 1 atom stereocenters. The minimum atomic E-state index is -0.500. The summed E-state index contributed by atoms with van der Waals surface area (Å²) in [5.41, 5.74) is 6.40. The molecule has 18 heavy (non-hydrogen) atoms. The molecule has 1 fully saturated rings. The molecule has 1 aliphatic heterocycles. The van der Waals surface area contributed by atoms with Crippen LogP contribution in [-0.2, 0) is 4.79 Å². The quantitative estimate of drug-likeness (QED) is 0.908. The first-order valence-corrected chi connectivity index (χ1v) is 6.50. The van der Waals surface area contributed by atoms with Crippen LogP contribution in [0.5, 0.6) is 0 Å². The SMILES string of the molecule is CC1(C(N)=O)CCN(c2ccc(Br)cc2C#N)C1. The third-order valence-electron chi connectivity index (χ3n) is 3.49. The summed E-state index contributed by atoms with van der Waals surface area (Å²) in [5, 5.41) is 9.15. The van der Waals surface area contributed by atoms with E-state index in [0.29, 0.717) is 12.1 Å². The average molecular weight is 308 g/mol. The van der Waals surface area contributed by atoms with E-state index in [9.17, 15) is 4.79 Å². The molecule has 94 valence electrons. The number of amides is 1. The topological polar surface area (TPSA) is 70.1 Å². The molecule has 1 amide bonds. The number of benzene rings is 1. The Labute approximate surface area is 115 Å². The number of anilines is 1. The first kappa shape index (κ1) is 12.9. The molecule has 0 bridgehead atoms. The second-order valence-electron chi connectivity index (χ2n) is 4.87. The molecule has 1 unspecified atom stereocenters. The molecule has 1 aliphatic rings. The highest BCUT2D eigenvalue weighted by Crippen LogP contribution is 2.35. The van der Waals surface area contributed by atoms with Crippen LogP contribution in [0.25, 0.3) is 0 Å². The minimum absolute atomic E-state index is 0.277. The molecule has 1 aromatic carbocycles. The van der Waals surface area contributed by atoms with Gasteiger partial charge in [0.15, 0.2) is 0 Å². The highest BCUT2D eigenvalue weighted by atomic mass is 79.9. The van der Waals surface area contributed by atoms with Gasteiger partial charge < -0.3 is 10.6 Å². The van der Waals surface area contributed by atoms with Crippen molar-refractivity contribution < 1.29 is 4.79 Å². The van der Waals surface area contributed by atoms with Crippen LogP contribution in [0.15, 0.2) is 22.7 Å². The standard InChI is InChI=1S/C13H14BrN3O/c1-13(12(16)18)4-5-17(8-13)11-3-2-10(14)6-9(11)7-15/h2-3,6H,4-5,8H2,1H3,(H2,16,18). The second kappa shape index (κ2) is 4.62. The van der Waals surface area contributed by atoms with Crippen molar-refractivity contribution in [2.45, 2.75) is 13.3 Å². The number of nitrogens with zero attached hydrogens (tertiary/aromatic N) is 2. The van der Waals surface area contributed by atoms with Gasteiger partial charge in [0, 0.05) is 17.6 Å². The zero-order valence-electron chi connectivity index (χ0n) is 10.1. The first-order chi connectivity index (χ1) is 8.46. The summed E-state index contributed by atoms with van der Waals surface area (Å²) in [6.07, 6.45) is 0.725. The number of rotatable bonds is 2. The van der Waals surface area contributed by atoms with Gasteiger partial charge in [0.05, 0.1) is 16.7 Å². The smallest absolute Gasteiger partial charge is 0.225 e. The fourth-order valence-electron chi connectivity index (χ4n) is 2.24. The third-order valence-corrected chi connectivity index (χ3v) is 3.98. The lowest BCUT2D eigenvalue weighted by atomic mass is 9.89. The molecule has 0 radical (unpaired) electrons. The van der Waals surface area contributed by atoms with Crippen molar-refractivity contribution in [1.82, 2.24) is 0 Å². The van der Waals surface area contributed by atoms with Crippen LogP contribution in [0.4, 0.5) is 5.69 Å². The lowest BCUT2D eigenvalue weighted by Crippen LogP contribution is -2.37. The predicted molar refractivity (Wildman–Crippen MR) is 73.0 cm³/mol. The van der Waals surface area contributed by atoms with Crippen LogP contribution in [0.2, 0.25) is 0 Å². The van der Waals surface area contributed by atoms with Crippen molar-refractivity contribution in [3.63, 3.8) is 0 Å². The Hall–Kier alpha value is -1.54. The van der Waals surface area contributed by atoms with Crippen LogP contribution in [0.1, 0.15) is 18.9 Å². The first-order valence-electron chi connectivity index (χ1n) is 5.71. The Balaban J connectivity index is 2.30. The molecule has 2 rings (SSSR count). The zero-order chi connectivity index (χ0) is 13.3. The van der Waals surface area contributed by atoms with Crippen LogP contribution >= 0.6 is 15.9 Å². The maximum absolute atomic E-state index is 11.4. The molecule has 1 heterocycles. The monoisotopic (exact) mass is 307 g/mol. The van der Waals surface area contributed by atoms with Crippen molar-refractivity contribution >= 4 is 27.5 Å². The van der Waals surface area contributed by atoms with E-state index in [1.807, 2.05) is 19.1 Å². The average Bonchev–Trinajstić information content (AvgIpc) is 2.73. The molecule has 4 nitrogen and oxygen atoms in total. The van der Waals surface area contributed by atoms with Gasteiger partial charge >= 0.3 is 0 Å². The highest BCUT2D eigenvalue weighted by Gasteiger charge is 2.39. The lowest BCUT2D eigenvalue weighted by Gasteiger charge is -2.23. The van der Waals surface area contributed by atoms with Gasteiger partial charge in [-0.05, 0) is 31.5 Å². The van der Waals surface area contributed by atoms with Crippen molar-refractivity contribution in [2.24, 2.45) is 11.1 Å². The Bertz CT molecular complexity index is 538. The van der Waals surface area contributed by atoms with E-state index in [1.165, 1.54) is 0 Å². The maximum Gasteiger partial charge on any atom is 0.225 e. The number of primary amides is 1. The van der Waals surface area contributed by atoms with Crippen LogP contribution in [0, 0.1) is 16.7 Å². The maximum atomic E-state index is 11.4. The molecule has 1 saturated heterocycles. The van der Waals surface area contributed by atoms with Gasteiger partial charge in [0.25, 0.3) is 0 Å². The number of nitriles is 1. The summed E-state index contributed by atoms with van der Waals surface area (Å²) in [6.45, 7) is 3.19. The Kier molecular flexibility index (Phi) is 3.31. The number of carbonyl (C=O) groups excluding carboxylic acids is 1. The summed E-state index contributed by atoms with van der Waals surface area (Å²) < 4.78 is 0.875. The molecular weight excluding hydrogens is 294 g/mol. The number of halogens is 1. The zero-order valence-corrected chi connectivity index (χ0v) is 11.7. The Morgan fingerprint density at radius 3 is 2.89 bits per heavy atom. The van der Waals surface area contributed by atoms with Crippen LogP contribution in [-0.4, -0.2) is 19.0 Å². The summed E-state index contributed by atoms with van der Waals surface area (Å²) in [7, 11) is 0. The molecular formula is C13H14BrN3O. The number of nitrogens with two attached hydrogens (primary N) is 1. The van der Waals surface area contributed by atoms with E-state index < -0.39 is 5.41 Å². The molecule has 2 N–H and O–H groups in total. The molecule has 0 aromatic heterocycles. The van der Waals surface area contributed by atoms with Gasteiger partial charge in [-0.2, -0.15) is 5.26 Å². The van der Waals surface area contributed by atoms with Crippen LogP contribution < -0.4 is 10.6 Å². The normalized spacial score (nSPS) is 22.8. The number of hydrogen-bond donors (Lipinski definition) is 1. The van der Waals surface area contributed by atoms with Crippen molar-refractivity contribution in [3.05, 3.63) is 28.2 Å². The largest absolute Gasteiger partial charge is 0.369 e. The number of hydrogen-bond acceptors (Lipinski definition) is 3. The molecule has 5 heteroatoms. The summed E-state index contributed by atoms with van der Waals surface area (Å²) in [4.78, 5) is 13.5. The molecule has 0 aliphatic carbocycles. The van der Waals surface area contributed by atoms with Crippen molar-refractivity contribution in [1.29, 1.82) is 5.26 Å². The summed E-state index contributed by atoms with van der Waals surface area (Å²) >= 11 is 3.35. The summed E-state index contributed by atoms with van der Waals surface area (Å²) in [6, 6.07) is 7.77. The van der Waals surface area contributed by atoms with E-state index >= 15 is 0 Å². The lowest BCUT2D eigenvalue weighted by molar-refractivity contribution is -0.125. The van der Waals surface area contributed by atoms with E-state index in [1.54, 1.807) is 6.07 Å². The van der Waals surface area contributed by atoms with Gasteiger partial charge in [-0.1, -0.05) is 15.9 Å². The predicted octanol–water partition coefficient (Wildman–Crippen LogP) is 2.02. The fraction of sp³-hybridized carbons (Fsp3) is 0.385. The molecule has 1 aromatic rings. The summed E-state index contributed by atoms with van der Waals surface area (Å²) in [5.74, 6) is -0.277. The second-order valence-corrected chi connectivity index (χ2v) is 5.79. The van der Waals surface area contributed by atoms with Gasteiger partial charge in [0.1, 0.15) is 6.07 Å². The fourth-order valence-corrected chi connectivity index (χ4v) is 2.60. The van der Waals surface area contributed by atoms with Crippen molar-refractivity contribution in [2.75, 3.05) is 18.0 Å². The van der Waals surface area contributed by atoms with Gasteiger partial charge in [-0.15, -0.1) is 0 Å². The van der Waals surface area contributed by atoms with E-state index in [4.69, 9.17) is 11.0 Å². The van der Waals surface area contributed by atoms with E-state index in [-0.39, 0.29) is 5.91 Å². The van der Waals surface area contributed by atoms with E-state index in [2.05, 4.69) is 26.9 Å². The van der Waals surface area contributed by atoms with Gasteiger partial charge in [-0.3, -0.25) is 4.79 Å². The molecule has 0 spiro atoms. The van der Waals surface area contributed by atoms with Gasteiger partial charge in [-0.25, -0.2) is 0 Å². The Morgan fingerprint density at radius 2 is 2.33 bits per heavy atom. The Morgan fingerprint density at radius 1 is 1.61 bits per heavy atom. The van der Waals surface area contributed by atoms with E-state index in [0.717, 1.165) is 23.1 Å². The third kappa shape index (κ3) is 2.21.